The van der Waals surface area contributed by atoms with E-state index >= 15 is 0 Å². The van der Waals surface area contributed by atoms with Crippen molar-refractivity contribution in [1.29, 1.82) is 0 Å². The lowest BCUT2D eigenvalue weighted by Crippen LogP contribution is -2.17. The molecular weight excluding hydrogens is 502 g/mol. The molecule has 0 spiro atoms. The van der Waals surface area contributed by atoms with Crippen molar-refractivity contribution in [2.75, 3.05) is 10.6 Å². The Balaban J connectivity index is 1.41. The molecule has 0 aliphatic carbocycles. The Morgan fingerprint density at radius 3 is 2.53 bits per heavy atom. The molecule has 1 amide bonds. The first kappa shape index (κ1) is 24.8. The molecule has 3 aromatic carbocycles. The van der Waals surface area contributed by atoms with E-state index in [4.69, 9.17) is 0 Å². The highest BCUT2D eigenvalue weighted by Crippen LogP contribution is 2.29. The van der Waals surface area contributed by atoms with Gasteiger partial charge in [0, 0.05) is 34.8 Å². The number of aromatic amines is 1. The van der Waals surface area contributed by atoms with E-state index < -0.39 is 18.0 Å². The summed E-state index contributed by atoms with van der Waals surface area (Å²) in [6, 6.07) is 17.6. The number of ether oxygens (including phenoxy) is 1. The zero-order valence-corrected chi connectivity index (χ0v) is 19.7. The predicted molar refractivity (Wildman–Crippen MR) is 135 cm³/mol. The molecule has 2 aromatic heterocycles. The normalized spacial score (nSPS) is 11.4. The zero-order chi connectivity index (χ0) is 26.9. The van der Waals surface area contributed by atoms with Crippen LogP contribution in [0.15, 0.2) is 79.0 Å². The predicted octanol–water partition coefficient (Wildman–Crippen LogP) is 6.97. The van der Waals surface area contributed by atoms with Crippen LogP contribution in [-0.4, -0.2) is 27.2 Å². The average molecular weight is 521 g/mol. The number of fused-ring (bicyclic) bond motifs is 1. The number of anilines is 3. The minimum atomic E-state index is -4.85. The molecule has 5 rings (SSSR count). The van der Waals surface area contributed by atoms with E-state index in [1.165, 1.54) is 24.3 Å². The van der Waals surface area contributed by atoms with Crippen molar-refractivity contribution >= 4 is 34.3 Å². The third-order valence-electron chi connectivity index (χ3n) is 5.60. The quantitative estimate of drug-likeness (QED) is 0.210. The Bertz CT molecular complexity index is 1630. The molecule has 0 bridgehead atoms. The number of carbonyl (C=O) groups is 1. The second kappa shape index (κ2) is 9.85. The third-order valence-corrected chi connectivity index (χ3v) is 5.60. The molecule has 0 radical (unpaired) electrons. The van der Waals surface area contributed by atoms with Gasteiger partial charge in [0.1, 0.15) is 11.6 Å². The summed E-state index contributed by atoms with van der Waals surface area (Å²) in [5.74, 6) is -1.09. The Hall–Kier alpha value is -4.93. The number of H-pyrrole nitrogens is 1. The van der Waals surface area contributed by atoms with E-state index in [2.05, 4.69) is 30.3 Å². The van der Waals surface area contributed by atoms with Crippen LogP contribution in [0.25, 0.3) is 22.3 Å². The fourth-order valence-corrected chi connectivity index (χ4v) is 3.81. The number of hydrogen-bond donors (Lipinski definition) is 3. The lowest BCUT2D eigenvalue weighted by molar-refractivity contribution is -0.274. The van der Waals surface area contributed by atoms with E-state index in [0.29, 0.717) is 28.0 Å². The third kappa shape index (κ3) is 5.56. The van der Waals surface area contributed by atoms with Gasteiger partial charge in [-0.1, -0.05) is 12.1 Å². The number of nitrogens with one attached hydrogen (secondary N) is 3. The smallest absolute Gasteiger partial charge is 0.406 e. The molecule has 0 fully saturated rings. The lowest BCUT2D eigenvalue weighted by Gasteiger charge is -2.13. The number of amides is 1. The molecule has 0 saturated heterocycles. The van der Waals surface area contributed by atoms with Crippen LogP contribution in [0.1, 0.15) is 15.9 Å². The van der Waals surface area contributed by atoms with Crippen LogP contribution >= 0.6 is 0 Å². The monoisotopic (exact) mass is 521 g/mol. The fourth-order valence-electron chi connectivity index (χ4n) is 3.81. The maximum Gasteiger partial charge on any atom is 0.573 e. The van der Waals surface area contributed by atoms with Gasteiger partial charge in [0.25, 0.3) is 5.91 Å². The van der Waals surface area contributed by atoms with Crippen molar-refractivity contribution in [2.45, 2.75) is 13.3 Å². The molecule has 2 heterocycles. The molecule has 0 unspecified atom stereocenters. The first-order chi connectivity index (χ1) is 18.1. The highest BCUT2D eigenvalue weighted by molar-refractivity contribution is 6.05. The topological polar surface area (TPSA) is 91.9 Å². The number of rotatable bonds is 6. The highest BCUT2D eigenvalue weighted by Gasteiger charge is 2.31. The van der Waals surface area contributed by atoms with Gasteiger partial charge >= 0.3 is 6.36 Å². The summed E-state index contributed by atoms with van der Waals surface area (Å²) in [5, 5.41) is 5.71. The number of halogens is 4. The maximum atomic E-state index is 13.5. The van der Waals surface area contributed by atoms with Crippen molar-refractivity contribution in [2.24, 2.45) is 0 Å². The summed E-state index contributed by atoms with van der Waals surface area (Å²) in [7, 11) is 0. The minimum Gasteiger partial charge on any atom is -0.406 e. The van der Waals surface area contributed by atoms with Gasteiger partial charge in [-0.3, -0.25) is 4.79 Å². The van der Waals surface area contributed by atoms with Crippen LogP contribution in [0.5, 0.6) is 5.75 Å². The van der Waals surface area contributed by atoms with Crippen molar-refractivity contribution in [3.05, 3.63) is 95.9 Å². The summed E-state index contributed by atoms with van der Waals surface area (Å²) in [6.45, 7) is 1.83. The Morgan fingerprint density at radius 1 is 0.974 bits per heavy atom. The number of nitrogens with zero attached hydrogens (tertiary/aromatic N) is 2. The van der Waals surface area contributed by atoms with Gasteiger partial charge in [0.15, 0.2) is 0 Å². The van der Waals surface area contributed by atoms with Crippen LogP contribution in [0, 0.1) is 12.7 Å². The molecule has 7 nitrogen and oxygen atoms in total. The van der Waals surface area contributed by atoms with Gasteiger partial charge in [0.2, 0.25) is 5.95 Å². The van der Waals surface area contributed by atoms with Gasteiger partial charge in [-0.15, -0.1) is 13.2 Å². The van der Waals surface area contributed by atoms with Crippen LogP contribution in [0.3, 0.4) is 0 Å². The number of aryl methyl sites for hydroxylation is 1. The number of carbonyl (C=O) groups excluding carboxylic acids is 1. The second-order valence-electron chi connectivity index (χ2n) is 8.33. The van der Waals surface area contributed by atoms with E-state index in [1.54, 1.807) is 42.6 Å². The molecular formula is C27H19F4N5O2. The molecule has 3 N–H and O–H groups in total. The minimum absolute atomic E-state index is 0.136. The van der Waals surface area contributed by atoms with Crippen LogP contribution in [-0.2, 0) is 0 Å². The summed E-state index contributed by atoms with van der Waals surface area (Å²) in [5.41, 5.74) is 4.30. The van der Waals surface area contributed by atoms with E-state index in [1.807, 2.05) is 6.92 Å². The van der Waals surface area contributed by atoms with Crippen LogP contribution in [0.2, 0.25) is 0 Å². The number of aromatic nitrogens is 3. The molecule has 0 saturated carbocycles. The van der Waals surface area contributed by atoms with Gasteiger partial charge in [-0.25, -0.2) is 14.4 Å². The number of benzene rings is 3. The Kier molecular flexibility index (Phi) is 6.41. The largest absolute Gasteiger partial charge is 0.573 e. The number of hydrogen-bond acceptors (Lipinski definition) is 5. The Labute approximate surface area is 213 Å². The maximum absolute atomic E-state index is 13.5. The standard InChI is InChI=1S/C27H19F4N5O2/c1-15-5-6-17(25(37)33-19-3-2-4-20(14-19)38-27(29,30)31)13-22(15)35-26-34-21-11-12-32-24(21)23(36-26)16-7-9-18(28)10-8-16/h2-14,32H,1H3,(H,33,37)(H,34,35,36). The number of alkyl halides is 3. The Morgan fingerprint density at radius 2 is 1.76 bits per heavy atom. The summed E-state index contributed by atoms with van der Waals surface area (Å²) >= 11 is 0. The molecule has 0 aliphatic rings. The van der Waals surface area contributed by atoms with Crippen molar-refractivity contribution < 1.29 is 27.1 Å². The van der Waals surface area contributed by atoms with Gasteiger partial charge in [0.05, 0.1) is 16.7 Å². The van der Waals surface area contributed by atoms with Gasteiger partial charge < -0.3 is 20.4 Å². The summed E-state index contributed by atoms with van der Waals surface area (Å²) in [6.07, 6.45) is -3.12. The van der Waals surface area contributed by atoms with Gasteiger partial charge in [-0.05, 0) is 67.1 Å². The fraction of sp³-hybridized carbons (Fsp3) is 0.0741. The highest BCUT2D eigenvalue weighted by atomic mass is 19.4. The SMILES string of the molecule is Cc1ccc(C(=O)Nc2cccc(OC(F)(F)F)c2)cc1Nc1nc(-c2ccc(F)cc2)c2[nH]ccc2n1. The van der Waals surface area contributed by atoms with Crippen molar-refractivity contribution in [1.82, 2.24) is 15.0 Å². The van der Waals surface area contributed by atoms with Crippen molar-refractivity contribution in [3.8, 4) is 17.0 Å². The van der Waals surface area contributed by atoms with Crippen LogP contribution in [0.4, 0.5) is 34.9 Å². The van der Waals surface area contributed by atoms with E-state index in [0.717, 1.165) is 17.7 Å². The van der Waals surface area contributed by atoms with E-state index in [-0.39, 0.29) is 23.0 Å². The zero-order valence-electron chi connectivity index (χ0n) is 19.7. The molecule has 11 heteroatoms. The summed E-state index contributed by atoms with van der Waals surface area (Å²) < 4.78 is 54.9. The molecule has 0 atom stereocenters. The first-order valence-corrected chi connectivity index (χ1v) is 11.3. The van der Waals surface area contributed by atoms with Crippen LogP contribution < -0.4 is 15.4 Å². The summed E-state index contributed by atoms with van der Waals surface area (Å²) in [4.78, 5) is 25.1. The molecule has 0 aliphatic heterocycles. The molecule has 5 aromatic rings. The van der Waals surface area contributed by atoms with Gasteiger partial charge in [-0.2, -0.15) is 0 Å². The first-order valence-electron chi connectivity index (χ1n) is 11.3. The lowest BCUT2D eigenvalue weighted by atomic mass is 10.1. The van der Waals surface area contributed by atoms with Crippen molar-refractivity contribution in [3.63, 3.8) is 0 Å². The average Bonchev–Trinajstić information content (AvgIpc) is 3.33. The van der Waals surface area contributed by atoms with E-state index in [9.17, 15) is 22.4 Å². The molecule has 192 valence electrons. The second-order valence-corrected chi connectivity index (χ2v) is 8.33. The molecule has 38 heavy (non-hydrogen) atoms.